The van der Waals surface area contributed by atoms with E-state index in [2.05, 4.69) is 20.6 Å². The minimum atomic E-state index is -0.921. The van der Waals surface area contributed by atoms with Gasteiger partial charge in [-0.25, -0.2) is 0 Å². The minimum Gasteiger partial charge on any atom is -0.370 e. The number of carbonyl (C=O) groups is 2. The molecule has 1 aromatic rings. The molecule has 0 saturated heterocycles. The number of nitrogens with two attached hydrogens (primary N) is 5. The average Bonchev–Trinajstić information content (AvgIpc) is 2.73. The van der Waals surface area contributed by atoms with Crippen molar-refractivity contribution in [1.29, 1.82) is 0 Å². The number of nitro groups is 1. The van der Waals surface area contributed by atoms with Gasteiger partial charge in [0.1, 0.15) is 6.04 Å². The van der Waals surface area contributed by atoms with Crippen molar-refractivity contribution in [3.63, 3.8) is 0 Å². The van der Waals surface area contributed by atoms with Crippen molar-refractivity contribution in [2.45, 2.75) is 37.8 Å². The van der Waals surface area contributed by atoms with Crippen LogP contribution >= 0.6 is 0 Å². The van der Waals surface area contributed by atoms with Crippen LogP contribution in [0.1, 0.15) is 25.7 Å². The van der Waals surface area contributed by atoms with Crippen LogP contribution in [-0.4, -0.2) is 53.8 Å². The van der Waals surface area contributed by atoms with Gasteiger partial charge in [-0.15, -0.1) is 0 Å². The number of aliphatic imine (C=N–C) groups is 2. The fourth-order valence-electron chi connectivity index (χ4n) is 2.60. The van der Waals surface area contributed by atoms with Crippen LogP contribution < -0.4 is 39.3 Å². The van der Waals surface area contributed by atoms with Crippen molar-refractivity contribution in [1.82, 2.24) is 5.32 Å². The molecular formula is C18H30N10O4. The summed E-state index contributed by atoms with van der Waals surface area (Å²) in [6, 6.07) is 3.52. The Kier molecular flexibility index (Phi) is 10.9. The molecule has 32 heavy (non-hydrogen) atoms. The van der Waals surface area contributed by atoms with Crippen LogP contribution in [0.25, 0.3) is 0 Å². The number of guanidine groups is 2. The quantitative estimate of drug-likeness (QED) is 0.0602. The Balaban J connectivity index is 2.76. The third kappa shape index (κ3) is 10.2. The fraction of sp³-hybridized carbons (Fsp3) is 0.444. The standard InChI is InChI=1S/C18H30N10O4/c19-13(3-1-9-24-17(20)21)15(29)27-14(4-2-10-25-18(22)23)16(30)26-11-5-7-12(8-6-11)28(31)32/h5-8,13-14H,1-4,9-10,19H2,(H,26,30)(H,27,29)(H4,20,21,24)(H4,22,23,25)/t13-,14-/m0/s1. The maximum absolute atomic E-state index is 12.7. The highest BCUT2D eigenvalue weighted by Gasteiger charge is 2.23. The van der Waals surface area contributed by atoms with Gasteiger partial charge in [0, 0.05) is 30.9 Å². The van der Waals surface area contributed by atoms with E-state index >= 15 is 0 Å². The second-order valence-electron chi connectivity index (χ2n) is 6.86. The van der Waals surface area contributed by atoms with Gasteiger partial charge in [0.25, 0.3) is 5.69 Å². The van der Waals surface area contributed by atoms with Crippen LogP contribution in [0.3, 0.4) is 0 Å². The lowest BCUT2D eigenvalue weighted by Crippen LogP contribution is -2.50. The molecule has 1 rings (SSSR count). The minimum absolute atomic E-state index is 0.0493. The maximum Gasteiger partial charge on any atom is 0.269 e. The number of benzene rings is 1. The number of non-ortho nitro benzene ring substituents is 1. The Labute approximate surface area is 184 Å². The largest absolute Gasteiger partial charge is 0.370 e. The number of hydrogen-bond donors (Lipinski definition) is 7. The average molecular weight is 451 g/mol. The molecule has 2 amide bonds. The van der Waals surface area contributed by atoms with Crippen LogP contribution in [0.2, 0.25) is 0 Å². The summed E-state index contributed by atoms with van der Waals surface area (Å²) in [5.74, 6) is -1.15. The number of amides is 2. The molecule has 0 aromatic heterocycles. The zero-order valence-electron chi connectivity index (χ0n) is 17.6. The molecule has 0 aliphatic carbocycles. The second-order valence-corrected chi connectivity index (χ2v) is 6.86. The predicted octanol–water partition coefficient (Wildman–Crippen LogP) is -1.55. The Morgan fingerprint density at radius 3 is 1.97 bits per heavy atom. The van der Waals surface area contributed by atoms with E-state index in [0.717, 1.165) is 0 Å². The van der Waals surface area contributed by atoms with Gasteiger partial charge < -0.3 is 39.3 Å². The van der Waals surface area contributed by atoms with E-state index in [1.165, 1.54) is 24.3 Å². The van der Waals surface area contributed by atoms with Crippen molar-refractivity contribution in [3.8, 4) is 0 Å². The normalized spacial score (nSPS) is 12.2. The Bertz CT molecular complexity index is 833. The first kappa shape index (κ1) is 26.1. The molecule has 0 aliphatic heterocycles. The number of nitrogens with one attached hydrogen (secondary N) is 2. The molecule has 2 atom stereocenters. The highest BCUT2D eigenvalue weighted by atomic mass is 16.6. The molecule has 0 unspecified atom stereocenters. The molecule has 12 N–H and O–H groups in total. The molecule has 14 nitrogen and oxygen atoms in total. The third-order valence-electron chi connectivity index (χ3n) is 4.23. The lowest BCUT2D eigenvalue weighted by atomic mass is 10.1. The Hall–Kier alpha value is -3.94. The van der Waals surface area contributed by atoms with Gasteiger partial charge in [-0.05, 0) is 37.8 Å². The molecule has 0 spiro atoms. The summed E-state index contributed by atoms with van der Waals surface area (Å²) in [7, 11) is 0. The van der Waals surface area contributed by atoms with Gasteiger partial charge in [0.05, 0.1) is 11.0 Å². The molecule has 0 fully saturated rings. The van der Waals surface area contributed by atoms with Gasteiger partial charge in [-0.3, -0.25) is 29.7 Å². The Morgan fingerprint density at radius 1 is 0.938 bits per heavy atom. The molecule has 0 heterocycles. The molecule has 14 heteroatoms. The van der Waals surface area contributed by atoms with Crippen molar-refractivity contribution in [2.24, 2.45) is 38.7 Å². The van der Waals surface area contributed by atoms with Gasteiger partial charge in [-0.2, -0.15) is 0 Å². The molecule has 0 aliphatic rings. The summed E-state index contributed by atoms with van der Waals surface area (Å²) >= 11 is 0. The van der Waals surface area contributed by atoms with Gasteiger partial charge in [0.2, 0.25) is 11.8 Å². The van der Waals surface area contributed by atoms with E-state index in [0.29, 0.717) is 31.5 Å². The number of rotatable bonds is 13. The van der Waals surface area contributed by atoms with Crippen LogP contribution in [0.5, 0.6) is 0 Å². The zero-order valence-corrected chi connectivity index (χ0v) is 17.6. The lowest BCUT2D eigenvalue weighted by Gasteiger charge is -2.20. The Morgan fingerprint density at radius 2 is 1.47 bits per heavy atom. The smallest absolute Gasteiger partial charge is 0.269 e. The number of anilines is 1. The van der Waals surface area contributed by atoms with E-state index in [1.54, 1.807) is 0 Å². The summed E-state index contributed by atoms with van der Waals surface area (Å²) in [4.78, 5) is 43.1. The van der Waals surface area contributed by atoms with Crippen LogP contribution in [0.4, 0.5) is 11.4 Å². The highest BCUT2D eigenvalue weighted by Crippen LogP contribution is 2.16. The van der Waals surface area contributed by atoms with Gasteiger partial charge >= 0.3 is 0 Å². The lowest BCUT2D eigenvalue weighted by molar-refractivity contribution is -0.384. The molecule has 1 aromatic carbocycles. The number of nitro benzene ring substituents is 1. The number of hydrogen-bond acceptors (Lipinski definition) is 7. The molecule has 0 bridgehead atoms. The summed E-state index contributed by atoms with van der Waals surface area (Å²) in [5, 5.41) is 16.0. The zero-order chi connectivity index (χ0) is 24.1. The first-order valence-electron chi connectivity index (χ1n) is 9.82. The van der Waals surface area contributed by atoms with Crippen LogP contribution in [-0.2, 0) is 9.59 Å². The predicted molar refractivity (Wildman–Crippen MR) is 121 cm³/mol. The third-order valence-corrected chi connectivity index (χ3v) is 4.23. The van der Waals surface area contributed by atoms with Crippen molar-refractivity contribution < 1.29 is 14.5 Å². The molecule has 0 radical (unpaired) electrons. The molecule has 176 valence electrons. The number of carbonyl (C=O) groups excluding carboxylic acids is 2. The van der Waals surface area contributed by atoms with Crippen LogP contribution in [0.15, 0.2) is 34.3 Å². The van der Waals surface area contributed by atoms with Crippen molar-refractivity contribution in [2.75, 3.05) is 18.4 Å². The SMILES string of the molecule is NC(N)=NCCC[C@H](NC(=O)[C@@H](N)CCCN=C(N)N)C(=O)Nc1ccc([N+](=O)[O-])cc1. The van der Waals surface area contributed by atoms with E-state index in [4.69, 9.17) is 28.7 Å². The van der Waals surface area contributed by atoms with Crippen molar-refractivity contribution in [3.05, 3.63) is 34.4 Å². The van der Waals surface area contributed by atoms with E-state index in [9.17, 15) is 19.7 Å². The van der Waals surface area contributed by atoms with Crippen molar-refractivity contribution >= 4 is 35.1 Å². The summed E-state index contributed by atoms with van der Waals surface area (Å²) < 4.78 is 0. The highest BCUT2D eigenvalue weighted by molar-refractivity contribution is 5.97. The number of nitrogens with zero attached hydrogens (tertiary/aromatic N) is 3. The monoisotopic (exact) mass is 450 g/mol. The maximum atomic E-state index is 12.7. The molecule has 0 saturated carbocycles. The fourth-order valence-corrected chi connectivity index (χ4v) is 2.60. The molecular weight excluding hydrogens is 420 g/mol. The van der Waals surface area contributed by atoms with E-state index in [1.807, 2.05) is 0 Å². The van der Waals surface area contributed by atoms with E-state index < -0.39 is 28.8 Å². The first-order chi connectivity index (χ1) is 15.1. The van der Waals surface area contributed by atoms with E-state index in [-0.39, 0.29) is 30.6 Å². The van der Waals surface area contributed by atoms with Gasteiger partial charge in [0.15, 0.2) is 11.9 Å². The summed E-state index contributed by atoms with van der Waals surface area (Å²) in [6.45, 7) is 0.593. The summed E-state index contributed by atoms with van der Waals surface area (Å²) in [6.07, 6.45) is 1.45. The first-order valence-corrected chi connectivity index (χ1v) is 9.82. The summed E-state index contributed by atoms with van der Waals surface area (Å²) in [5.41, 5.74) is 27.2. The second kappa shape index (κ2) is 13.4. The van der Waals surface area contributed by atoms with Crippen LogP contribution in [0, 0.1) is 10.1 Å². The topological polar surface area (TPSA) is 256 Å². The van der Waals surface area contributed by atoms with Gasteiger partial charge in [-0.1, -0.05) is 0 Å².